The van der Waals surface area contributed by atoms with E-state index in [-0.39, 0.29) is 11.6 Å². The molecule has 1 aromatic carbocycles. The Labute approximate surface area is 100 Å². The van der Waals surface area contributed by atoms with Crippen LogP contribution in [0.2, 0.25) is 0 Å². The summed E-state index contributed by atoms with van der Waals surface area (Å²) >= 11 is 1.02. The molecule has 5 nitrogen and oxygen atoms in total. The van der Waals surface area contributed by atoms with Gasteiger partial charge in [0.1, 0.15) is 5.82 Å². The maximum absolute atomic E-state index is 12.7. The Hall–Kier alpha value is -1.89. The molecule has 0 unspecified atom stereocenters. The Morgan fingerprint density at radius 1 is 1.41 bits per heavy atom. The average molecular weight is 253 g/mol. The molecule has 0 amide bonds. The summed E-state index contributed by atoms with van der Waals surface area (Å²) in [5, 5.41) is 15.4. The van der Waals surface area contributed by atoms with Crippen LogP contribution in [0.3, 0.4) is 0 Å². The predicted octanol–water partition coefficient (Wildman–Crippen LogP) is 1.79. The molecule has 0 bridgehead atoms. The second kappa shape index (κ2) is 4.96. The topological polar surface area (TPSA) is 78.9 Å². The number of thioether (sulfide) groups is 1. The van der Waals surface area contributed by atoms with Crippen LogP contribution in [0, 0.1) is 5.82 Å². The van der Waals surface area contributed by atoms with Crippen LogP contribution < -0.4 is 0 Å². The van der Waals surface area contributed by atoms with Crippen molar-refractivity contribution in [3.63, 3.8) is 0 Å². The van der Waals surface area contributed by atoms with Crippen LogP contribution in [0.25, 0.3) is 11.4 Å². The highest BCUT2D eigenvalue weighted by Gasteiger charge is 2.07. The third kappa shape index (κ3) is 3.04. The van der Waals surface area contributed by atoms with Gasteiger partial charge in [-0.05, 0) is 24.3 Å². The first kappa shape index (κ1) is 11.6. The molecule has 2 rings (SSSR count). The fourth-order valence-corrected chi connectivity index (χ4v) is 1.69. The molecule has 2 N–H and O–H groups in total. The van der Waals surface area contributed by atoms with Crippen LogP contribution in [0.15, 0.2) is 29.4 Å². The SMILES string of the molecule is O=C(O)CSc1n[nH]c(-c2ccc(F)cc2)n1. The minimum atomic E-state index is -0.928. The number of benzene rings is 1. The second-order valence-electron chi connectivity index (χ2n) is 3.16. The number of H-pyrrole nitrogens is 1. The van der Waals surface area contributed by atoms with Crippen LogP contribution in [-0.2, 0) is 4.79 Å². The maximum atomic E-state index is 12.7. The van der Waals surface area contributed by atoms with Crippen molar-refractivity contribution in [2.45, 2.75) is 5.16 Å². The van der Waals surface area contributed by atoms with Gasteiger partial charge in [-0.15, -0.1) is 5.10 Å². The second-order valence-corrected chi connectivity index (χ2v) is 4.10. The van der Waals surface area contributed by atoms with Gasteiger partial charge in [-0.1, -0.05) is 11.8 Å². The third-order valence-electron chi connectivity index (χ3n) is 1.91. The molecule has 0 atom stereocenters. The summed E-state index contributed by atoms with van der Waals surface area (Å²) in [6.07, 6.45) is 0. The van der Waals surface area contributed by atoms with E-state index < -0.39 is 5.97 Å². The van der Waals surface area contributed by atoms with E-state index in [0.29, 0.717) is 16.5 Å². The van der Waals surface area contributed by atoms with Crippen molar-refractivity contribution >= 4 is 17.7 Å². The molecule has 2 aromatic rings. The summed E-state index contributed by atoms with van der Waals surface area (Å²) in [5.41, 5.74) is 0.695. The first-order chi connectivity index (χ1) is 8.15. The fourth-order valence-electron chi connectivity index (χ4n) is 1.17. The first-order valence-corrected chi connectivity index (χ1v) is 5.66. The van der Waals surface area contributed by atoms with Gasteiger partial charge < -0.3 is 5.11 Å². The van der Waals surface area contributed by atoms with Crippen molar-refractivity contribution in [3.8, 4) is 11.4 Å². The Bertz CT molecular complexity index is 527. The number of aromatic amines is 1. The molecule has 0 aliphatic carbocycles. The zero-order valence-corrected chi connectivity index (χ0v) is 9.37. The molecule has 88 valence electrons. The lowest BCUT2D eigenvalue weighted by Gasteiger charge is -1.94. The molecular weight excluding hydrogens is 245 g/mol. The van der Waals surface area contributed by atoms with Crippen molar-refractivity contribution in [2.24, 2.45) is 0 Å². The van der Waals surface area contributed by atoms with Gasteiger partial charge in [0.15, 0.2) is 5.82 Å². The van der Waals surface area contributed by atoms with E-state index in [0.717, 1.165) is 11.8 Å². The highest BCUT2D eigenvalue weighted by atomic mass is 32.2. The van der Waals surface area contributed by atoms with E-state index in [4.69, 9.17) is 5.11 Å². The van der Waals surface area contributed by atoms with Crippen molar-refractivity contribution in [2.75, 3.05) is 5.75 Å². The lowest BCUT2D eigenvalue weighted by atomic mass is 10.2. The Morgan fingerprint density at radius 2 is 2.12 bits per heavy atom. The summed E-state index contributed by atoms with van der Waals surface area (Å²) in [6, 6.07) is 5.78. The molecule has 0 spiro atoms. The summed E-state index contributed by atoms with van der Waals surface area (Å²) in [5.74, 6) is -0.865. The maximum Gasteiger partial charge on any atom is 0.313 e. The minimum Gasteiger partial charge on any atom is -0.481 e. The summed E-state index contributed by atoms with van der Waals surface area (Å²) in [7, 11) is 0. The highest BCUT2D eigenvalue weighted by Crippen LogP contribution is 2.19. The molecule has 17 heavy (non-hydrogen) atoms. The largest absolute Gasteiger partial charge is 0.481 e. The van der Waals surface area contributed by atoms with E-state index in [2.05, 4.69) is 15.2 Å². The standard InChI is InChI=1S/C10H8FN3O2S/c11-7-3-1-6(2-4-7)9-12-10(14-13-9)17-5-8(15)16/h1-4H,5H2,(H,15,16)(H,12,13,14). The lowest BCUT2D eigenvalue weighted by Crippen LogP contribution is -1.97. The molecule has 0 saturated heterocycles. The van der Waals surface area contributed by atoms with Crippen LogP contribution in [-0.4, -0.2) is 32.0 Å². The number of nitrogens with zero attached hydrogens (tertiary/aromatic N) is 2. The molecule has 7 heteroatoms. The van der Waals surface area contributed by atoms with E-state index in [1.165, 1.54) is 12.1 Å². The van der Waals surface area contributed by atoms with Crippen LogP contribution >= 0.6 is 11.8 Å². The van der Waals surface area contributed by atoms with Crippen molar-refractivity contribution in [3.05, 3.63) is 30.1 Å². The van der Waals surface area contributed by atoms with E-state index in [1.807, 2.05) is 0 Å². The summed E-state index contributed by atoms with van der Waals surface area (Å²) in [6.45, 7) is 0. The van der Waals surface area contributed by atoms with Gasteiger partial charge in [-0.3, -0.25) is 9.89 Å². The zero-order valence-electron chi connectivity index (χ0n) is 8.55. The number of hydrogen-bond donors (Lipinski definition) is 2. The highest BCUT2D eigenvalue weighted by molar-refractivity contribution is 7.99. The smallest absolute Gasteiger partial charge is 0.313 e. The van der Waals surface area contributed by atoms with Crippen molar-refractivity contribution in [1.29, 1.82) is 0 Å². The van der Waals surface area contributed by atoms with Crippen molar-refractivity contribution < 1.29 is 14.3 Å². The van der Waals surface area contributed by atoms with Crippen LogP contribution in [0.1, 0.15) is 0 Å². The molecular formula is C10H8FN3O2S. The fraction of sp³-hybridized carbons (Fsp3) is 0.100. The molecule has 0 radical (unpaired) electrons. The van der Waals surface area contributed by atoms with Crippen LogP contribution in [0.4, 0.5) is 4.39 Å². The van der Waals surface area contributed by atoms with E-state index in [1.54, 1.807) is 12.1 Å². The Kier molecular flexibility index (Phi) is 3.38. The number of aromatic nitrogens is 3. The van der Waals surface area contributed by atoms with Gasteiger partial charge >= 0.3 is 5.97 Å². The van der Waals surface area contributed by atoms with Crippen molar-refractivity contribution in [1.82, 2.24) is 15.2 Å². The van der Waals surface area contributed by atoms with E-state index >= 15 is 0 Å². The molecule has 1 aromatic heterocycles. The quantitative estimate of drug-likeness (QED) is 0.812. The molecule has 0 fully saturated rings. The zero-order chi connectivity index (χ0) is 12.3. The normalized spacial score (nSPS) is 10.4. The lowest BCUT2D eigenvalue weighted by molar-refractivity contribution is -0.133. The molecule has 0 aliphatic rings. The Balaban J connectivity index is 2.12. The van der Waals surface area contributed by atoms with Gasteiger partial charge in [-0.25, -0.2) is 9.37 Å². The number of carboxylic acids is 1. The van der Waals surface area contributed by atoms with Gasteiger partial charge in [-0.2, -0.15) is 0 Å². The number of carboxylic acid groups (broad SMARTS) is 1. The minimum absolute atomic E-state index is 0.0965. The average Bonchev–Trinajstić information content (AvgIpc) is 2.76. The monoisotopic (exact) mass is 253 g/mol. The number of hydrogen-bond acceptors (Lipinski definition) is 4. The molecule has 0 saturated carbocycles. The predicted molar refractivity (Wildman–Crippen MR) is 60.1 cm³/mol. The van der Waals surface area contributed by atoms with Crippen LogP contribution in [0.5, 0.6) is 0 Å². The molecule has 0 aliphatic heterocycles. The van der Waals surface area contributed by atoms with Gasteiger partial charge in [0, 0.05) is 5.56 Å². The van der Waals surface area contributed by atoms with Gasteiger partial charge in [0.2, 0.25) is 5.16 Å². The van der Waals surface area contributed by atoms with Gasteiger partial charge in [0.05, 0.1) is 5.75 Å². The van der Waals surface area contributed by atoms with E-state index in [9.17, 15) is 9.18 Å². The number of halogens is 1. The Morgan fingerprint density at radius 3 is 2.76 bits per heavy atom. The third-order valence-corrected chi connectivity index (χ3v) is 2.74. The van der Waals surface area contributed by atoms with Gasteiger partial charge in [0.25, 0.3) is 0 Å². The number of aliphatic carboxylic acids is 1. The number of carbonyl (C=O) groups is 1. The first-order valence-electron chi connectivity index (χ1n) is 4.68. The summed E-state index contributed by atoms with van der Waals surface area (Å²) in [4.78, 5) is 14.5. The number of nitrogens with one attached hydrogen (secondary N) is 1. The molecule has 1 heterocycles. The summed E-state index contributed by atoms with van der Waals surface area (Å²) < 4.78 is 12.7. The number of rotatable bonds is 4.